The second-order valence-corrected chi connectivity index (χ2v) is 6.96. The highest BCUT2D eigenvalue weighted by Gasteiger charge is 2.22. The van der Waals surface area contributed by atoms with Crippen LogP contribution in [0.25, 0.3) is 0 Å². The van der Waals surface area contributed by atoms with Crippen molar-refractivity contribution in [1.82, 2.24) is 19.8 Å². The highest BCUT2D eigenvalue weighted by atomic mass is 16.5. The Hall–Kier alpha value is -2.09. The van der Waals surface area contributed by atoms with Crippen molar-refractivity contribution in [3.05, 3.63) is 22.7 Å². The Bertz CT molecular complexity index is 660. The summed E-state index contributed by atoms with van der Waals surface area (Å²) in [7, 11) is 3.59. The molecule has 1 aromatic rings. The van der Waals surface area contributed by atoms with E-state index in [-0.39, 0.29) is 5.56 Å². The van der Waals surface area contributed by atoms with Crippen molar-refractivity contribution in [2.24, 2.45) is 18.0 Å². The van der Waals surface area contributed by atoms with Gasteiger partial charge in [0.25, 0.3) is 5.56 Å². The number of aliphatic imine (C=N–C) groups is 1. The maximum atomic E-state index is 12.2. The number of anilines is 1. The summed E-state index contributed by atoms with van der Waals surface area (Å²) in [6.45, 7) is 5.94. The molecule has 8 nitrogen and oxygen atoms in total. The number of piperazine rings is 1. The second-order valence-electron chi connectivity index (χ2n) is 6.96. The number of nitrogens with one attached hydrogen (secondary N) is 1. The van der Waals surface area contributed by atoms with E-state index >= 15 is 0 Å². The van der Waals surface area contributed by atoms with Crippen LogP contribution in [-0.2, 0) is 11.8 Å². The lowest BCUT2D eigenvalue weighted by Crippen LogP contribution is -2.53. The smallest absolute Gasteiger partial charge is 0.293 e. The molecule has 3 heterocycles. The van der Waals surface area contributed by atoms with Crippen LogP contribution in [0.4, 0.5) is 5.82 Å². The van der Waals surface area contributed by atoms with Gasteiger partial charge in [0.15, 0.2) is 11.8 Å². The number of hydrogen-bond acceptors (Lipinski definition) is 5. The molecule has 2 aliphatic rings. The predicted octanol–water partition coefficient (Wildman–Crippen LogP) is 0.294. The number of aryl methyl sites for hydroxylation is 1. The van der Waals surface area contributed by atoms with E-state index in [1.54, 1.807) is 24.0 Å². The van der Waals surface area contributed by atoms with Gasteiger partial charge in [0.05, 0.1) is 0 Å². The molecule has 3 rings (SSSR count). The Morgan fingerprint density at radius 3 is 2.73 bits per heavy atom. The van der Waals surface area contributed by atoms with Crippen molar-refractivity contribution in [3.63, 3.8) is 0 Å². The fourth-order valence-corrected chi connectivity index (χ4v) is 3.59. The standard InChI is InChI=1S/C18H30N6O2/c1-19-18(21-6-3-15-4-13-26-14-5-15)24-11-9-23(10-12-24)16-17(25)22(2)8-7-20-16/h7-8,15H,3-6,9-14H2,1-2H3,(H,19,21). The molecule has 0 unspecified atom stereocenters. The molecule has 144 valence electrons. The summed E-state index contributed by atoms with van der Waals surface area (Å²) in [5, 5.41) is 3.50. The summed E-state index contributed by atoms with van der Waals surface area (Å²) in [5.41, 5.74) is -0.0417. The Labute approximate surface area is 154 Å². The summed E-state index contributed by atoms with van der Waals surface area (Å²) >= 11 is 0. The zero-order valence-electron chi connectivity index (χ0n) is 15.9. The number of hydrogen-bond donors (Lipinski definition) is 1. The first kappa shape index (κ1) is 18.7. The fraction of sp³-hybridized carbons (Fsp3) is 0.722. The summed E-state index contributed by atoms with van der Waals surface area (Å²) in [4.78, 5) is 25.3. The van der Waals surface area contributed by atoms with E-state index in [2.05, 4.69) is 25.1 Å². The molecule has 26 heavy (non-hydrogen) atoms. The highest BCUT2D eigenvalue weighted by Crippen LogP contribution is 2.17. The molecular formula is C18H30N6O2. The van der Waals surface area contributed by atoms with Crippen LogP contribution < -0.4 is 15.8 Å². The minimum Gasteiger partial charge on any atom is -0.381 e. The Kier molecular flexibility index (Phi) is 6.49. The van der Waals surface area contributed by atoms with Crippen LogP contribution in [0.5, 0.6) is 0 Å². The topological polar surface area (TPSA) is 75.0 Å². The maximum absolute atomic E-state index is 12.2. The molecule has 2 fully saturated rings. The third-order valence-corrected chi connectivity index (χ3v) is 5.27. The number of rotatable bonds is 4. The van der Waals surface area contributed by atoms with Gasteiger partial charge in [-0.1, -0.05) is 0 Å². The van der Waals surface area contributed by atoms with Gasteiger partial charge in [0.1, 0.15) is 0 Å². The first-order chi connectivity index (χ1) is 12.7. The third-order valence-electron chi connectivity index (χ3n) is 5.27. The second kappa shape index (κ2) is 9.02. The van der Waals surface area contributed by atoms with Crippen LogP contribution in [-0.4, -0.2) is 73.4 Å². The monoisotopic (exact) mass is 362 g/mol. The lowest BCUT2D eigenvalue weighted by Gasteiger charge is -2.36. The molecule has 2 aliphatic heterocycles. The van der Waals surface area contributed by atoms with Gasteiger partial charge in [-0.25, -0.2) is 4.98 Å². The van der Waals surface area contributed by atoms with E-state index in [9.17, 15) is 4.79 Å². The molecule has 0 aromatic carbocycles. The van der Waals surface area contributed by atoms with Crippen molar-refractivity contribution in [1.29, 1.82) is 0 Å². The average molecular weight is 362 g/mol. The van der Waals surface area contributed by atoms with Gasteiger partial charge in [0, 0.05) is 72.4 Å². The summed E-state index contributed by atoms with van der Waals surface area (Å²) in [5.74, 6) is 2.24. The maximum Gasteiger partial charge on any atom is 0.293 e. The Morgan fingerprint density at radius 2 is 2.04 bits per heavy atom. The first-order valence-corrected chi connectivity index (χ1v) is 9.49. The molecule has 0 aliphatic carbocycles. The highest BCUT2D eigenvalue weighted by molar-refractivity contribution is 5.80. The van der Waals surface area contributed by atoms with Gasteiger partial charge in [-0.15, -0.1) is 0 Å². The van der Waals surface area contributed by atoms with Crippen molar-refractivity contribution in [2.45, 2.75) is 19.3 Å². The number of nitrogens with zero attached hydrogens (tertiary/aromatic N) is 5. The van der Waals surface area contributed by atoms with Gasteiger partial charge < -0.3 is 24.4 Å². The van der Waals surface area contributed by atoms with E-state index in [1.165, 1.54) is 0 Å². The molecule has 1 aromatic heterocycles. The number of guanidine groups is 1. The predicted molar refractivity (Wildman–Crippen MR) is 103 cm³/mol. The van der Waals surface area contributed by atoms with Crippen LogP contribution >= 0.6 is 0 Å². The van der Waals surface area contributed by atoms with Crippen LogP contribution in [0.3, 0.4) is 0 Å². The fourth-order valence-electron chi connectivity index (χ4n) is 3.59. The SMILES string of the molecule is CN=C(NCCC1CCOCC1)N1CCN(c2nccn(C)c2=O)CC1. The van der Waals surface area contributed by atoms with Gasteiger partial charge >= 0.3 is 0 Å². The van der Waals surface area contributed by atoms with E-state index in [4.69, 9.17) is 4.74 Å². The van der Waals surface area contributed by atoms with Crippen LogP contribution in [0, 0.1) is 5.92 Å². The normalized spacial score (nSPS) is 19.7. The zero-order chi connectivity index (χ0) is 18.4. The van der Waals surface area contributed by atoms with Crippen molar-refractivity contribution in [3.8, 4) is 0 Å². The minimum atomic E-state index is -0.0417. The first-order valence-electron chi connectivity index (χ1n) is 9.49. The van der Waals surface area contributed by atoms with Crippen LogP contribution in [0.15, 0.2) is 22.2 Å². The molecule has 8 heteroatoms. The van der Waals surface area contributed by atoms with Crippen molar-refractivity contribution in [2.75, 3.05) is 57.9 Å². The zero-order valence-corrected chi connectivity index (χ0v) is 15.9. The molecule has 1 N–H and O–H groups in total. The Morgan fingerprint density at radius 1 is 1.31 bits per heavy atom. The summed E-state index contributed by atoms with van der Waals surface area (Å²) in [6.07, 6.45) is 6.86. The summed E-state index contributed by atoms with van der Waals surface area (Å²) < 4.78 is 6.99. The van der Waals surface area contributed by atoms with E-state index in [0.29, 0.717) is 5.82 Å². The van der Waals surface area contributed by atoms with Gasteiger partial charge in [-0.3, -0.25) is 9.79 Å². The third kappa shape index (κ3) is 4.55. The lowest BCUT2D eigenvalue weighted by molar-refractivity contribution is 0.0642. The van der Waals surface area contributed by atoms with Crippen LogP contribution in [0.1, 0.15) is 19.3 Å². The van der Waals surface area contributed by atoms with Gasteiger partial charge in [0.2, 0.25) is 0 Å². The number of ether oxygens (including phenoxy) is 1. The molecule has 0 saturated carbocycles. The average Bonchev–Trinajstić information content (AvgIpc) is 2.69. The molecule has 0 atom stereocenters. The Balaban J connectivity index is 1.48. The minimum absolute atomic E-state index is 0.0417. The molecular weight excluding hydrogens is 332 g/mol. The van der Waals surface area contributed by atoms with E-state index < -0.39 is 0 Å². The van der Waals surface area contributed by atoms with Crippen molar-refractivity contribution >= 4 is 11.8 Å². The molecule has 0 radical (unpaired) electrons. The largest absolute Gasteiger partial charge is 0.381 e. The van der Waals surface area contributed by atoms with Crippen molar-refractivity contribution < 1.29 is 4.74 Å². The van der Waals surface area contributed by atoms with Crippen LogP contribution in [0.2, 0.25) is 0 Å². The molecule has 2 saturated heterocycles. The quantitative estimate of drug-likeness (QED) is 0.613. The van der Waals surface area contributed by atoms with Gasteiger partial charge in [-0.2, -0.15) is 0 Å². The van der Waals surface area contributed by atoms with Gasteiger partial charge in [-0.05, 0) is 25.2 Å². The number of aromatic nitrogens is 2. The van der Waals surface area contributed by atoms with E-state index in [0.717, 1.165) is 77.1 Å². The molecule has 0 amide bonds. The summed E-state index contributed by atoms with van der Waals surface area (Å²) in [6, 6.07) is 0. The lowest BCUT2D eigenvalue weighted by atomic mass is 9.97. The molecule has 0 bridgehead atoms. The molecule has 0 spiro atoms. The van der Waals surface area contributed by atoms with E-state index in [1.807, 2.05) is 7.05 Å².